The summed E-state index contributed by atoms with van der Waals surface area (Å²) in [5, 5.41) is 3.86. The Kier molecular flexibility index (Phi) is 3.98. The van der Waals surface area contributed by atoms with Crippen molar-refractivity contribution < 1.29 is 0 Å². The van der Waals surface area contributed by atoms with Gasteiger partial charge in [-0.05, 0) is 18.2 Å². The van der Waals surface area contributed by atoms with Crippen LogP contribution in [0.2, 0.25) is 5.02 Å². The minimum absolute atomic E-state index is 0.712. The van der Waals surface area contributed by atoms with Crippen molar-refractivity contribution in [3.05, 3.63) is 40.9 Å². The largest absolute Gasteiger partial charge is 0.381 e. The molecule has 0 spiro atoms. The second-order valence-electron chi connectivity index (χ2n) is 2.25. The predicted octanol–water partition coefficient (Wildman–Crippen LogP) is 3.50. The van der Waals surface area contributed by atoms with E-state index in [-0.39, 0.29) is 0 Å². The number of rotatable bonds is 3. The molecule has 1 N–H and O–H groups in total. The van der Waals surface area contributed by atoms with Crippen LogP contribution in [0.3, 0.4) is 0 Å². The van der Waals surface area contributed by atoms with Gasteiger partial charge in [-0.2, -0.15) is 0 Å². The van der Waals surface area contributed by atoms with Gasteiger partial charge in [0, 0.05) is 22.8 Å². The van der Waals surface area contributed by atoms with Gasteiger partial charge in [-0.1, -0.05) is 35.3 Å². The van der Waals surface area contributed by atoms with Gasteiger partial charge in [0.15, 0.2) is 0 Å². The fourth-order valence-electron chi connectivity index (χ4n) is 0.820. The van der Waals surface area contributed by atoms with E-state index in [1.807, 2.05) is 30.3 Å². The Morgan fingerprint density at radius 2 is 2.25 bits per heavy atom. The van der Waals surface area contributed by atoms with E-state index in [0.717, 1.165) is 10.7 Å². The summed E-state index contributed by atoms with van der Waals surface area (Å²) in [5.41, 5.74) is 2.48. The summed E-state index contributed by atoms with van der Waals surface area (Å²) in [4.78, 5) is 0. The Balaban J connectivity index is 2.52. The Labute approximate surface area is 82.0 Å². The van der Waals surface area contributed by atoms with Gasteiger partial charge < -0.3 is 5.32 Å². The van der Waals surface area contributed by atoms with Crippen LogP contribution >= 0.6 is 23.2 Å². The van der Waals surface area contributed by atoms with Crippen molar-refractivity contribution in [2.75, 3.05) is 11.9 Å². The van der Waals surface area contributed by atoms with E-state index in [9.17, 15) is 0 Å². The van der Waals surface area contributed by atoms with E-state index >= 15 is 0 Å². The smallest absolute Gasteiger partial charge is 0.0426 e. The third-order valence-electron chi connectivity index (χ3n) is 1.34. The van der Waals surface area contributed by atoms with Crippen molar-refractivity contribution in [1.29, 1.82) is 0 Å². The van der Waals surface area contributed by atoms with Gasteiger partial charge in [0.1, 0.15) is 0 Å². The van der Waals surface area contributed by atoms with Gasteiger partial charge in [-0.25, -0.2) is 0 Å². The quantitative estimate of drug-likeness (QED) is 0.790. The summed E-state index contributed by atoms with van der Waals surface area (Å²) in [7, 11) is 0. The first kappa shape index (κ1) is 9.43. The molecule has 0 aliphatic rings. The maximum absolute atomic E-state index is 5.77. The minimum atomic E-state index is 0.712. The molecule has 0 bridgehead atoms. The van der Waals surface area contributed by atoms with E-state index in [1.54, 1.807) is 0 Å². The minimum Gasteiger partial charge on any atom is -0.381 e. The third kappa shape index (κ3) is 3.16. The third-order valence-corrected chi connectivity index (χ3v) is 1.75. The second kappa shape index (κ2) is 5.07. The molecule has 0 atom stereocenters. The van der Waals surface area contributed by atoms with Crippen molar-refractivity contribution in [2.45, 2.75) is 0 Å². The molecule has 1 rings (SSSR count). The highest BCUT2D eigenvalue weighted by molar-refractivity contribution is 6.30. The van der Waals surface area contributed by atoms with Crippen LogP contribution in [0.15, 0.2) is 35.9 Å². The molecule has 0 radical (unpaired) electrons. The van der Waals surface area contributed by atoms with Gasteiger partial charge >= 0.3 is 0 Å². The van der Waals surface area contributed by atoms with Gasteiger partial charge in [-0.15, -0.1) is 0 Å². The molecule has 1 aromatic carbocycles. The fourth-order valence-corrected chi connectivity index (χ4v) is 1.10. The summed E-state index contributed by atoms with van der Waals surface area (Å²) < 4.78 is 0. The van der Waals surface area contributed by atoms with Crippen LogP contribution in [0.25, 0.3) is 0 Å². The molecule has 64 valence electrons. The zero-order valence-electron chi connectivity index (χ0n) is 6.43. The first-order valence-electron chi connectivity index (χ1n) is 3.57. The fraction of sp³-hybridized carbons (Fsp3) is 0.111. The topological polar surface area (TPSA) is 12.0 Å². The summed E-state index contributed by atoms with van der Waals surface area (Å²) in [6, 6.07) is 7.55. The predicted molar refractivity (Wildman–Crippen MR) is 54.9 cm³/mol. The second-order valence-corrected chi connectivity index (χ2v) is 2.94. The molecule has 0 amide bonds. The van der Waals surface area contributed by atoms with Crippen LogP contribution in [0.5, 0.6) is 0 Å². The standard InChI is InChI=1S/C9H9Cl2N/c10-5-2-6-12-9-4-1-3-8(11)7-9/h1-5,7,12H,6H2/b5-2+. The number of benzene rings is 1. The molecular formula is C9H9Cl2N. The van der Waals surface area contributed by atoms with E-state index in [0.29, 0.717) is 6.54 Å². The van der Waals surface area contributed by atoms with Crippen molar-refractivity contribution in [3.8, 4) is 0 Å². The molecule has 1 nitrogen and oxygen atoms in total. The molecule has 0 unspecified atom stereocenters. The van der Waals surface area contributed by atoms with Crippen LogP contribution in [0.1, 0.15) is 0 Å². The van der Waals surface area contributed by atoms with Crippen molar-refractivity contribution in [2.24, 2.45) is 0 Å². The average molecular weight is 202 g/mol. The summed E-state index contributed by atoms with van der Waals surface area (Å²) in [6.45, 7) is 0.712. The van der Waals surface area contributed by atoms with Gasteiger partial charge in [0.05, 0.1) is 0 Å². The molecular weight excluding hydrogens is 193 g/mol. The van der Waals surface area contributed by atoms with Gasteiger partial charge in [0.2, 0.25) is 0 Å². The monoisotopic (exact) mass is 201 g/mol. The lowest BCUT2D eigenvalue weighted by Crippen LogP contribution is -1.96. The number of nitrogens with one attached hydrogen (secondary N) is 1. The van der Waals surface area contributed by atoms with E-state index in [2.05, 4.69) is 5.32 Å². The van der Waals surface area contributed by atoms with E-state index in [1.165, 1.54) is 5.54 Å². The lowest BCUT2D eigenvalue weighted by molar-refractivity contribution is 1.34. The number of hydrogen-bond donors (Lipinski definition) is 1. The van der Waals surface area contributed by atoms with Crippen LogP contribution < -0.4 is 5.32 Å². The summed E-state index contributed by atoms with van der Waals surface area (Å²) >= 11 is 11.1. The Morgan fingerprint density at radius 3 is 2.92 bits per heavy atom. The summed E-state index contributed by atoms with van der Waals surface area (Å²) in [6.07, 6.45) is 1.82. The molecule has 1 aromatic rings. The highest BCUT2D eigenvalue weighted by atomic mass is 35.5. The molecule has 0 aromatic heterocycles. The normalized spacial score (nSPS) is 10.5. The number of anilines is 1. The molecule has 0 aliphatic carbocycles. The lowest BCUT2D eigenvalue weighted by Gasteiger charge is -2.02. The molecule has 0 saturated carbocycles. The SMILES string of the molecule is Cl/C=C/CNc1cccc(Cl)c1. The van der Waals surface area contributed by atoms with Crippen LogP contribution in [0, 0.1) is 0 Å². The maximum atomic E-state index is 5.77. The number of hydrogen-bond acceptors (Lipinski definition) is 1. The molecule has 0 aliphatic heterocycles. The Hall–Kier alpha value is -0.660. The van der Waals surface area contributed by atoms with Crippen LogP contribution in [-0.4, -0.2) is 6.54 Å². The van der Waals surface area contributed by atoms with Crippen molar-refractivity contribution >= 4 is 28.9 Å². The van der Waals surface area contributed by atoms with Crippen molar-refractivity contribution in [3.63, 3.8) is 0 Å². The average Bonchev–Trinajstić information content (AvgIpc) is 2.05. The zero-order chi connectivity index (χ0) is 8.81. The van der Waals surface area contributed by atoms with Crippen LogP contribution in [-0.2, 0) is 0 Å². The summed E-state index contributed by atoms with van der Waals surface area (Å²) in [5.74, 6) is 0. The van der Waals surface area contributed by atoms with E-state index < -0.39 is 0 Å². The molecule has 12 heavy (non-hydrogen) atoms. The Bertz CT molecular complexity index is 271. The highest BCUT2D eigenvalue weighted by Crippen LogP contribution is 2.14. The maximum Gasteiger partial charge on any atom is 0.0426 e. The molecule has 0 fully saturated rings. The first-order chi connectivity index (χ1) is 5.83. The van der Waals surface area contributed by atoms with Crippen LogP contribution in [0.4, 0.5) is 5.69 Å². The van der Waals surface area contributed by atoms with Crippen molar-refractivity contribution in [1.82, 2.24) is 0 Å². The molecule has 0 heterocycles. The Morgan fingerprint density at radius 1 is 1.42 bits per heavy atom. The first-order valence-corrected chi connectivity index (χ1v) is 4.39. The van der Waals surface area contributed by atoms with E-state index in [4.69, 9.17) is 23.2 Å². The lowest BCUT2D eigenvalue weighted by atomic mass is 10.3. The molecule has 3 heteroatoms. The zero-order valence-corrected chi connectivity index (χ0v) is 7.94. The number of halogens is 2. The highest BCUT2D eigenvalue weighted by Gasteiger charge is 1.89. The van der Waals surface area contributed by atoms with Gasteiger partial charge in [0.25, 0.3) is 0 Å². The van der Waals surface area contributed by atoms with Gasteiger partial charge in [-0.3, -0.25) is 0 Å². The molecule has 0 saturated heterocycles.